The van der Waals surface area contributed by atoms with Crippen molar-refractivity contribution in [1.82, 2.24) is 25.5 Å². The number of rotatable bonds is 11. The van der Waals surface area contributed by atoms with E-state index in [4.69, 9.17) is 9.40 Å². The monoisotopic (exact) mass is 642 g/mol. The van der Waals surface area contributed by atoms with Gasteiger partial charge >= 0.3 is 0 Å². The number of hydrogen-bond acceptors (Lipinski definition) is 9. The van der Waals surface area contributed by atoms with E-state index in [0.29, 0.717) is 35.9 Å². The Morgan fingerprint density at radius 3 is 2.43 bits per heavy atom. The summed E-state index contributed by atoms with van der Waals surface area (Å²) in [6.45, 7) is 6.00. The third-order valence-corrected chi connectivity index (χ3v) is 10.1. The molecule has 46 heavy (non-hydrogen) atoms. The average Bonchev–Trinajstić information content (AvgIpc) is 3.75. The van der Waals surface area contributed by atoms with E-state index in [1.807, 2.05) is 31.2 Å². The molecule has 1 aliphatic carbocycles. The van der Waals surface area contributed by atoms with Crippen LogP contribution in [0.1, 0.15) is 79.3 Å². The molecular formula is C35H42N6O4S. The third-order valence-electron chi connectivity index (χ3n) is 9.18. The molecule has 1 saturated carbocycles. The van der Waals surface area contributed by atoms with E-state index in [2.05, 4.69) is 37.8 Å². The summed E-state index contributed by atoms with van der Waals surface area (Å²) in [6.07, 6.45) is 5.70. The van der Waals surface area contributed by atoms with Gasteiger partial charge in [-0.3, -0.25) is 14.4 Å². The van der Waals surface area contributed by atoms with E-state index in [1.165, 1.54) is 0 Å². The number of ketones is 1. The summed E-state index contributed by atoms with van der Waals surface area (Å²) >= 11 is 1.64. The number of oxazole rings is 1. The maximum absolute atomic E-state index is 14.0. The molecule has 242 valence electrons. The van der Waals surface area contributed by atoms with E-state index >= 15 is 0 Å². The van der Waals surface area contributed by atoms with Gasteiger partial charge in [0.25, 0.3) is 11.8 Å². The van der Waals surface area contributed by atoms with E-state index in [0.717, 1.165) is 74.7 Å². The van der Waals surface area contributed by atoms with Gasteiger partial charge in [0, 0.05) is 42.7 Å². The molecule has 2 aromatic carbocycles. The molecule has 0 spiro atoms. The predicted molar refractivity (Wildman–Crippen MR) is 180 cm³/mol. The normalized spacial score (nSPS) is 17.5. The Kier molecular flexibility index (Phi) is 9.79. The molecule has 0 radical (unpaired) electrons. The molecule has 2 aliphatic rings. The molecule has 2 amide bonds. The molecule has 2 aromatic heterocycles. The maximum atomic E-state index is 14.0. The maximum Gasteiger partial charge on any atom is 0.266 e. The van der Waals surface area contributed by atoms with Gasteiger partial charge in [0.15, 0.2) is 10.7 Å². The zero-order valence-electron chi connectivity index (χ0n) is 26.6. The summed E-state index contributed by atoms with van der Waals surface area (Å²) in [5.41, 5.74) is 2.32. The lowest BCUT2D eigenvalue weighted by Crippen LogP contribution is -2.62. The van der Waals surface area contributed by atoms with Crippen molar-refractivity contribution in [3.05, 3.63) is 65.4 Å². The van der Waals surface area contributed by atoms with Gasteiger partial charge in [-0.15, -0.1) is 11.3 Å². The van der Waals surface area contributed by atoms with Gasteiger partial charge in [-0.25, -0.2) is 9.97 Å². The molecule has 0 unspecified atom stereocenters. The highest BCUT2D eigenvalue weighted by molar-refractivity contribution is 7.14. The number of fused-ring (bicyclic) bond motifs is 1. The lowest BCUT2D eigenvalue weighted by Gasteiger charge is -2.37. The van der Waals surface area contributed by atoms with Crippen LogP contribution in [0.15, 0.2) is 58.3 Å². The molecule has 3 heterocycles. The number of para-hydroxylation sites is 2. The second-order valence-corrected chi connectivity index (χ2v) is 13.3. The number of aromatic nitrogens is 2. The largest absolute Gasteiger partial charge is 0.434 e. The van der Waals surface area contributed by atoms with Crippen LogP contribution in [-0.4, -0.2) is 77.3 Å². The summed E-state index contributed by atoms with van der Waals surface area (Å²) in [4.78, 5) is 55.1. The first-order valence-corrected chi connectivity index (χ1v) is 17.3. The Hall–Kier alpha value is -4.09. The molecular weight excluding hydrogens is 600 g/mol. The van der Waals surface area contributed by atoms with Crippen LogP contribution in [0, 0.1) is 0 Å². The third kappa shape index (κ3) is 7.00. The van der Waals surface area contributed by atoms with Crippen LogP contribution in [0.4, 0.5) is 5.13 Å². The van der Waals surface area contributed by atoms with Crippen molar-refractivity contribution in [3.8, 4) is 11.3 Å². The van der Waals surface area contributed by atoms with E-state index < -0.39 is 11.6 Å². The molecule has 1 saturated heterocycles. The number of carbonyl (C=O) groups is 3. The number of nitrogens with zero attached hydrogens (tertiary/aromatic N) is 4. The van der Waals surface area contributed by atoms with Crippen LogP contribution < -0.4 is 15.5 Å². The number of nitrogens with one attached hydrogen (secondary N) is 2. The van der Waals surface area contributed by atoms with Gasteiger partial charge in [0.2, 0.25) is 11.7 Å². The fourth-order valence-corrected chi connectivity index (χ4v) is 7.17. The van der Waals surface area contributed by atoms with Crippen molar-refractivity contribution in [2.45, 2.75) is 69.9 Å². The fraction of sp³-hybridized carbons (Fsp3) is 0.457. The van der Waals surface area contributed by atoms with Gasteiger partial charge in [0.1, 0.15) is 11.1 Å². The Morgan fingerprint density at radius 2 is 1.72 bits per heavy atom. The minimum Gasteiger partial charge on any atom is -0.434 e. The van der Waals surface area contributed by atoms with E-state index in [-0.39, 0.29) is 23.5 Å². The SMILES string of the molecule is CCCC[C@H](NC(=O)C1(NC(=O)c2ccc(-c3csc(N4CCN(C)CC4)n3)cc2)CCCCC1)C(=O)c1nc2ccccc2o1. The van der Waals surface area contributed by atoms with Crippen LogP contribution in [0.2, 0.25) is 0 Å². The lowest BCUT2D eigenvalue weighted by atomic mass is 9.80. The molecule has 1 atom stereocenters. The zero-order chi connectivity index (χ0) is 32.1. The van der Waals surface area contributed by atoms with Crippen molar-refractivity contribution in [2.24, 2.45) is 0 Å². The minimum absolute atomic E-state index is 0.0137. The molecule has 2 N–H and O–H groups in total. The molecule has 11 heteroatoms. The summed E-state index contributed by atoms with van der Waals surface area (Å²) < 4.78 is 5.75. The second kappa shape index (κ2) is 14.1. The Balaban J connectivity index is 1.15. The molecule has 0 bridgehead atoms. The number of piperazine rings is 1. The van der Waals surface area contributed by atoms with Crippen LogP contribution in [0.25, 0.3) is 22.4 Å². The lowest BCUT2D eigenvalue weighted by molar-refractivity contribution is -0.129. The first-order chi connectivity index (χ1) is 22.3. The number of hydrogen-bond donors (Lipinski definition) is 2. The first-order valence-electron chi connectivity index (χ1n) is 16.4. The minimum atomic E-state index is -1.10. The van der Waals surface area contributed by atoms with Crippen LogP contribution in [-0.2, 0) is 4.79 Å². The average molecular weight is 643 g/mol. The van der Waals surface area contributed by atoms with Gasteiger partial charge in [0.05, 0.1) is 11.7 Å². The summed E-state index contributed by atoms with van der Waals surface area (Å²) in [6, 6.07) is 13.8. The second-order valence-electron chi connectivity index (χ2n) is 12.5. The number of unbranched alkanes of at least 4 members (excludes halogenated alkanes) is 1. The van der Waals surface area contributed by atoms with Crippen LogP contribution in [0.3, 0.4) is 0 Å². The van der Waals surface area contributed by atoms with Crippen molar-refractivity contribution < 1.29 is 18.8 Å². The van der Waals surface area contributed by atoms with Crippen molar-refractivity contribution in [1.29, 1.82) is 0 Å². The van der Waals surface area contributed by atoms with Gasteiger partial charge in [-0.05, 0) is 50.6 Å². The molecule has 1 aliphatic heterocycles. The number of Topliss-reactive ketones (excluding diaryl/α,β-unsaturated/α-hetero) is 1. The first kappa shape index (κ1) is 31.9. The van der Waals surface area contributed by atoms with Crippen LogP contribution in [0.5, 0.6) is 0 Å². The summed E-state index contributed by atoms with van der Waals surface area (Å²) in [5.74, 6) is -1.01. The zero-order valence-corrected chi connectivity index (χ0v) is 27.4. The number of carbonyl (C=O) groups excluding carboxylic acids is 3. The van der Waals surface area contributed by atoms with Gasteiger partial charge in [-0.2, -0.15) is 0 Å². The topological polar surface area (TPSA) is 121 Å². The molecule has 4 aromatic rings. The van der Waals surface area contributed by atoms with E-state index in [9.17, 15) is 14.4 Å². The number of likely N-dealkylation sites (N-methyl/N-ethyl adjacent to an activating group) is 1. The Labute approximate surface area is 273 Å². The molecule has 2 fully saturated rings. The Bertz CT molecular complexity index is 1630. The summed E-state index contributed by atoms with van der Waals surface area (Å²) in [7, 11) is 2.14. The number of benzene rings is 2. The molecule has 10 nitrogen and oxygen atoms in total. The smallest absolute Gasteiger partial charge is 0.266 e. The highest BCUT2D eigenvalue weighted by Crippen LogP contribution is 2.31. The Morgan fingerprint density at radius 1 is 0.978 bits per heavy atom. The number of anilines is 1. The standard InChI is InChI=1S/C35H42N6O4S/c1-3-4-10-27(30(42)32-36-26-11-6-7-12-29(26)45-32)37-33(44)35(17-8-5-9-18-35)39-31(43)25-15-13-24(14-16-25)28-23-46-34(38-28)41-21-19-40(2)20-22-41/h6-7,11-16,23,27H,3-5,8-10,17-22H2,1-2H3,(H,37,44)(H,39,43)/t27-/m0/s1. The number of thiazole rings is 1. The van der Waals surface area contributed by atoms with Crippen molar-refractivity contribution in [3.63, 3.8) is 0 Å². The van der Waals surface area contributed by atoms with Crippen molar-refractivity contribution in [2.75, 3.05) is 38.1 Å². The molecule has 6 rings (SSSR count). The van der Waals surface area contributed by atoms with Crippen LogP contribution >= 0.6 is 11.3 Å². The highest BCUT2D eigenvalue weighted by atomic mass is 32.1. The van der Waals surface area contributed by atoms with Gasteiger partial charge in [-0.1, -0.05) is 63.3 Å². The highest BCUT2D eigenvalue weighted by Gasteiger charge is 2.42. The summed E-state index contributed by atoms with van der Waals surface area (Å²) in [5, 5.41) is 9.17. The van der Waals surface area contributed by atoms with Crippen molar-refractivity contribution >= 4 is 45.2 Å². The quantitative estimate of drug-likeness (QED) is 0.200. The predicted octanol–water partition coefficient (Wildman–Crippen LogP) is 5.69. The van der Waals surface area contributed by atoms with Gasteiger partial charge < -0.3 is 24.9 Å². The van der Waals surface area contributed by atoms with E-state index in [1.54, 1.807) is 35.6 Å². The number of amides is 2. The fourth-order valence-electron chi connectivity index (χ4n) is 6.29.